The number of hydrogen-bond donors (Lipinski definition) is 1. The Balaban J connectivity index is 2.44. The lowest BCUT2D eigenvalue weighted by molar-refractivity contribution is 0.0632. The van der Waals surface area contributed by atoms with Gasteiger partial charge in [-0.25, -0.2) is 12.8 Å². The Hall–Kier alpha value is -1.09. The molecule has 1 heterocycles. The van der Waals surface area contributed by atoms with E-state index in [0.29, 0.717) is 26.1 Å². The molecule has 0 aromatic heterocycles. The highest BCUT2D eigenvalue weighted by atomic mass is 32.2. The average Bonchev–Trinajstić information content (AvgIpc) is 2.46. The maximum atomic E-state index is 13.9. The lowest BCUT2D eigenvalue weighted by Crippen LogP contribution is -2.41. The Labute approximate surface area is 128 Å². The van der Waals surface area contributed by atoms with Gasteiger partial charge in [-0.15, -0.1) is 0 Å². The van der Waals surface area contributed by atoms with Crippen molar-refractivity contribution in [1.82, 2.24) is 4.31 Å². The largest absolute Gasteiger partial charge is 0.389 e. The van der Waals surface area contributed by atoms with Crippen LogP contribution in [0.3, 0.4) is 0 Å². The van der Waals surface area contributed by atoms with Crippen LogP contribution in [0.25, 0.3) is 0 Å². The highest BCUT2D eigenvalue weighted by Crippen LogP contribution is 2.25. The third kappa shape index (κ3) is 3.23. The molecule has 1 aliphatic heterocycles. The Bertz CT molecular complexity index is 643. The van der Waals surface area contributed by atoms with Crippen LogP contribution in [0.5, 0.6) is 0 Å². The van der Waals surface area contributed by atoms with E-state index in [1.807, 2.05) is 0 Å². The van der Waals surface area contributed by atoms with E-state index < -0.39 is 15.8 Å². The van der Waals surface area contributed by atoms with Gasteiger partial charge in [-0.05, 0) is 25.0 Å². The molecule has 1 aromatic rings. The summed E-state index contributed by atoms with van der Waals surface area (Å²) in [6.07, 6.45) is 1.21. The van der Waals surface area contributed by atoms with Gasteiger partial charge in [-0.1, -0.05) is 18.3 Å². The van der Waals surface area contributed by atoms with Crippen LogP contribution in [0.2, 0.25) is 0 Å². The molecule has 0 bridgehead atoms. The molecular weight excluding hydrogens is 315 g/mol. The van der Waals surface area contributed by atoms with Gasteiger partial charge in [0.2, 0.25) is 10.0 Å². The van der Waals surface area contributed by atoms with E-state index in [1.165, 1.54) is 23.5 Å². The zero-order valence-electron chi connectivity index (χ0n) is 11.6. The van der Waals surface area contributed by atoms with Crippen LogP contribution in [0.15, 0.2) is 23.1 Å². The number of ether oxygens (including phenoxy) is 1. The summed E-state index contributed by atoms with van der Waals surface area (Å²) in [5.74, 6) is -0.732. The summed E-state index contributed by atoms with van der Waals surface area (Å²) in [6, 6.07) is 3.62. The van der Waals surface area contributed by atoms with E-state index in [2.05, 4.69) is 0 Å². The van der Waals surface area contributed by atoms with Crippen molar-refractivity contribution >= 4 is 27.2 Å². The first-order chi connectivity index (χ1) is 9.85. The second-order valence-corrected chi connectivity index (χ2v) is 7.25. The van der Waals surface area contributed by atoms with E-state index in [4.69, 9.17) is 22.7 Å². The first-order valence-corrected chi connectivity index (χ1v) is 8.34. The van der Waals surface area contributed by atoms with Gasteiger partial charge >= 0.3 is 0 Å². The number of nitrogens with zero attached hydrogens (tertiary/aromatic N) is 1. The number of halogens is 1. The van der Waals surface area contributed by atoms with E-state index in [0.717, 1.165) is 6.07 Å². The molecule has 1 saturated heterocycles. The summed E-state index contributed by atoms with van der Waals surface area (Å²) < 4.78 is 45.8. The molecule has 2 N–H and O–H groups in total. The van der Waals surface area contributed by atoms with E-state index in [1.54, 1.807) is 0 Å². The molecule has 0 amide bonds. The van der Waals surface area contributed by atoms with Gasteiger partial charge in [0, 0.05) is 26.3 Å². The normalized spacial score (nSPS) is 17.1. The first-order valence-electron chi connectivity index (χ1n) is 6.50. The van der Waals surface area contributed by atoms with Crippen molar-refractivity contribution in [3.8, 4) is 0 Å². The molecule has 0 saturated carbocycles. The van der Waals surface area contributed by atoms with Gasteiger partial charge in [-0.2, -0.15) is 4.31 Å². The quantitative estimate of drug-likeness (QED) is 0.841. The van der Waals surface area contributed by atoms with Crippen LogP contribution in [-0.2, 0) is 14.8 Å². The fourth-order valence-electron chi connectivity index (χ4n) is 2.36. The van der Waals surface area contributed by atoms with Gasteiger partial charge in [0.15, 0.2) is 0 Å². The number of nitrogens with two attached hydrogens (primary N) is 1. The van der Waals surface area contributed by atoms with Crippen molar-refractivity contribution in [3.63, 3.8) is 0 Å². The molecule has 21 heavy (non-hydrogen) atoms. The van der Waals surface area contributed by atoms with Crippen molar-refractivity contribution in [2.75, 3.05) is 20.3 Å². The van der Waals surface area contributed by atoms with Gasteiger partial charge in [0.05, 0.1) is 10.5 Å². The minimum atomic E-state index is -3.87. The van der Waals surface area contributed by atoms with E-state index in [-0.39, 0.29) is 21.5 Å². The third-order valence-electron chi connectivity index (χ3n) is 3.58. The molecule has 1 aliphatic rings. The molecule has 5 nitrogen and oxygen atoms in total. The van der Waals surface area contributed by atoms with Gasteiger partial charge < -0.3 is 10.5 Å². The Kier molecular flexibility index (Phi) is 4.92. The second-order valence-electron chi connectivity index (χ2n) is 4.84. The molecule has 0 spiro atoms. The molecule has 0 atom stereocenters. The summed E-state index contributed by atoms with van der Waals surface area (Å²) in [7, 11) is -2.38. The maximum absolute atomic E-state index is 13.9. The lowest BCUT2D eigenvalue weighted by Gasteiger charge is -2.30. The predicted molar refractivity (Wildman–Crippen MR) is 81.1 cm³/mol. The molecule has 116 valence electrons. The third-order valence-corrected chi connectivity index (χ3v) is 5.74. The zero-order chi connectivity index (χ0) is 15.6. The summed E-state index contributed by atoms with van der Waals surface area (Å²) in [6.45, 7) is 1.02. The highest BCUT2D eigenvalue weighted by Gasteiger charge is 2.32. The minimum Gasteiger partial charge on any atom is -0.389 e. The number of thiocarbonyl (C=S) groups is 1. The van der Waals surface area contributed by atoms with E-state index in [9.17, 15) is 12.8 Å². The number of benzene rings is 1. The molecular formula is C13H17FN2O3S2. The minimum absolute atomic E-state index is 0.175. The Morgan fingerprint density at radius 1 is 1.43 bits per heavy atom. The van der Waals surface area contributed by atoms with Crippen molar-refractivity contribution in [1.29, 1.82) is 0 Å². The number of rotatable bonds is 4. The summed E-state index contributed by atoms with van der Waals surface area (Å²) in [5.41, 5.74) is 5.25. The SMILES string of the molecule is CN(C1CCOCC1)S(=O)(=O)c1cccc(F)c1C(N)=S. The van der Waals surface area contributed by atoms with Crippen molar-refractivity contribution in [3.05, 3.63) is 29.6 Å². The lowest BCUT2D eigenvalue weighted by atomic mass is 10.1. The van der Waals surface area contributed by atoms with Crippen LogP contribution in [0.4, 0.5) is 4.39 Å². The standard InChI is InChI=1S/C13H17FN2O3S2/c1-16(9-5-7-19-8-6-9)21(17,18)11-4-2-3-10(14)12(11)13(15)20/h2-4,9H,5-8H2,1H3,(H2,15,20). The van der Waals surface area contributed by atoms with Crippen LogP contribution in [-0.4, -0.2) is 44.0 Å². The van der Waals surface area contributed by atoms with Crippen LogP contribution in [0, 0.1) is 5.82 Å². The van der Waals surface area contributed by atoms with Gasteiger partial charge in [0.1, 0.15) is 10.8 Å². The monoisotopic (exact) mass is 332 g/mol. The number of sulfonamides is 1. The van der Waals surface area contributed by atoms with Gasteiger partial charge in [-0.3, -0.25) is 0 Å². The molecule has 8 heteroatoms. The summed E-state index contributed by atoms with van der Waals surface area (Å²) in [4.78, 5) is -0.462. The second kappa shape index (κ2) is 6.35. The fraction of sp³-hybridized carbons (Fsp3) is 0.462. The number of hydrogen-bond acceptors (Lipinski definition) is 4. The average molecular weight is 332 g/mol. The molecule has 1 fully saturated rings. The van der Waals surface area contributed by atoms with E-state index >= 15 is 0 Å². The summed E-state index contributed by atoms with van der Waals surface area (Å²) in [5, 5.41) is 0. The maximum Gasteiger partial charge on any atom is 0.243 e. The van der Waals surface area contributed by atoms with Crippen molar-refractivity contribution < 1.29 is 17.5 Å². The van der Waals surface area contributed by atoms with Crippen molar-refractivity contribution in [2.24, 2.45) is 5.73 Å². The zero-order valence-corrected chi connectivity index (χ0v) is 13.2. The smallest absolute Gasteiger partial charge is 0.243 e. The molecule has 1 aromatic carbocycles. The highest BCUT2D eigenvalue weighted by molar-refractivity contribution is 7.89. The predicted octanol–water partition coefficient (Wildman–Crippen LogP) is 1.26. The first kappa shape index (κ1) is 16.3. The Morgan fingerprint density at radius 3 is 2.62 bits per heavy atom. The van der Waals surface area contributed by atoms with Gasteiger partial charge in [0.25, 0.3) is 0 Å². The molecule has 0 aliphatic carbocycles. The van der Waals surface area contributed by atoms with Crippen LogP contribution in [0.1, 0.15) is 18.4 Å². The molecule has 0 unspecified atom stereocenters. The van der Waals surface area contributed by atoms with Crippen molar-refractivity contribution in [2.45, 2.75) is 23.8 Å². The summed E-state index contributed by atoms with van der Waals surface area (Å²) >= 11 is 4.78. The molecule has 0 radical (unpaired) electrons. The van der Waals surface area contributed by atoms with Crippen LogP contribution < -0.4 is 5.73 Å². The topological polar surface area (TPSA) is 72.6 Å². The van der Waals surface area contributed by atoms with Crippen LogP contribution >= 0.6 is 12.2 Å². The molecule has 2 rings (SSSR count). The Morgan fingerprint density at radius 2 is 2.05 bits per heavy atom. The fourth-order valence-corrected chi connectivity index (χ4v) is 4.26.